The molecular weight excluding hydrogens is 291 g/mol. The zero-order chi connectivity index (χ0) is 16.9. The Labute approximate surface area is 139 Å². The van der Waals surface area contributed by atoms with Gasteiger partial charge in [0, 0.05) is 27.1 Å². The third-order valence-electron chi connectivity index (χ3n) is 5.80. The third kappa shape index (κ3) is 2.74. The molecule has 3 rings (SSSR count). The van der Waals surface area contributed by atoms with Gasteiger partial charge in [-0.2, -0.15) is 0 Å². The van der Waals surface area contributed by atoms with E-state index in [-0.39, 0.29) is 30.0 Å². The van der Waals surface area contributed by atoms with E-state index < -0.39 is 0 Å². The molecule has 1 saturated carbocycles. The maximum absolute atomic E-state index is 6.10. The molecule has 2 aliphatic rings. The maximum Gasteiger partial charge on any atom is 0.494 e. The minimum Gasteiger partial charge on any atom is -0.399 e. The molecule has 0 aromatic heterocycles. The quantitative estimate of drug-likeness (QED) is 0.800. The number of hydrogen-bond acceptors (Lipinski definition) is 4. The summed E-state index contributed by atoms with van der Waals surface area (Å²) in [6, 6.07) is 8.41. The molecule has 1 aromatic carbocycles. The average Bonchev–Trinajstić information content (AvgIpc) is 2.68. The second-order valence-electron chi connectivity index (χ2n) is 7.67. The van der Waals surface area contributed by atoms with Crippen LogP contribution in [0.5, 0.6) is 0 Å². The van der Waals surface area contributed by atoms with Crippen molar-refractivity contribution < 1.29 is 18.8 Å². The van der Waals surface area contributed by atoms with Crippen LogP contribution < -0.4 is 5.46 Å². The highest BCUT2D eigenvalue weighted by molar-refractivity contribution is 6.62. The van der Waals surface area contributed by atoms with Crippen LogP contribution in [0.25, 0.3) is 0 Å². The first-order valence-electron chi connectivity index (χ1n) is 8.27. The zero-order valence-electron chi connectivity index (χ0n) is 15.0. The highest BCUT2D eigenvalue weighted by Crippen LogP contribution is 2.45. The molecule has 1 aromatic rings. The molecule has 0 spiro atoms. The molecule has 23 heavy (non-hydrogen) atoms. The lowest BCUT2D eigenvalue weighted by molar-refractivity contribution is -0.154. The Hall–Kier alpha value is -0.875. The van der Waals surface area contributed by atoms with Gasteiger partial charge in [-0.1, -0.05) is 24.3 Å². The van der Waals surface area contributed by atoms with Crippen LogP contribution in [0.4, 0.5) is 0 Å². The number of methoxy groups -OCH3 is 2. The van der Waals surface area contributed by atoms with Gasteiger partial charge in [0.25, 0.3) is 0 Å². The fraction of sp³-hybridized carbons (Fsp3) is 0.667. The molecule has 0 unspecified atom stereocenters. The van der Waals surface area contributed by atoms with Crippen molar-refractivity contribution in [2.75, 3.05) is 14.2 Å². The van der Waals surface area contributed by atoms with Crippen molar-refractivity contribution in [3.8, 4) is 0 Å². The molecule has 0 bridgehead atoms. The first kappa shape index (κ1) is 17.0. The molecule has 0 N–H and O–H groups in total. The van der Waals surface area contributed by atoms with E-state index in [1.807, 2.05) is 0 Å². The van der Waals surface area contributed by atoms with Crippen LogP contribution in [0.2, 0.25) is 0 Å². The first-order chi connectivity index (χ1) is 10.7. The number of rotatable bonds is 4. The van der Waals surface area contributed by atoms with Crippen LogP contribution in [-0.4, -0.2) is 38.6 Å². The lowest BCUT2D eigenvalue weighted by Crippen LogP contribution is -2.47. The lowest BCUT2D eigenvalue weighted by atomic mass is 9.71. The van der Waals surface area contributed by atoms with Crippen LogP contribution in [0.3, 0.4) is 0 Å². The van der Waals surface area contributed by atoms with Gasteiger partial charge in [-0.05, 0) is 38.7 Å². The van der Waals surface area contributed by atoms with Gasteiger partial charge in [0.05, 0.1) is 22.9 Å². The Kier molecular flexibility index (Phi) is 4.12. The molecule has 1 saturated heterocycles. The van der Waals surface area contributed by atoms with E-state index in [0.29, 0.717) is 0 Å². The maximum atomic E-state index is 6.10. The largest absolute Gasteiger partial charge is 0.494 e. The molecule has 0 radical (unpaired) electrons. The molecule has 1 heterocycles. The average molecular weight is 318 g/mol. The highest BCUT2D eigenvalue weighted by Gasteiger charge is 2.52. The topological polar surface area (TPSA) is 36.9 Å². The van der Waals surface area contributed by atoms with Crippen LogP contribution >= 0.6 is 0 Å². The molecule has 126 valence electrons. The van der Waals surface area contributed by atoms with E-state index in [2.05, 4.69) is 52.0 Å². The first-order valence-corrected chi connectivity index (χ1v) is 8.27. The van der Waals surface area contributed by atoms with Crippen LogP contribution in [0, 0.1) is 0 Å². The molecule has 1 aliphatic carbocycles. The van der Waals surface area contributed by atoms with E-state index in [1.165, 1.54) is 5.56 Å². The minimum absolute atomic E-state index is 0.213. The summed E-state index contributed by atoms with van der Waals surface area (Å²) in [6.07, 6.45) is 2.09. The molecule has 4 nitrogen and oxygen atoms in total. The van der Waals surface area contributed by atoms with Crippen molar-refractivity contribution >= 4 is 12.6 Å². The fourth-order valence-corrected chi connectivity index (χ4v) is 3.29. The normalized spacial score (nSPS) is 31.9. The van der Waals surface area contributed by atoms with Crippen LogP contribution in [0.1, 0.15) is 46.1 Å². The van der Waals surface area contributed by atoms with Crippen molar-refractivity contribution in [3.63, 3.8) is 0 Å². The third-order valence-corrected chi connectivity index (χ3v) is 5.80. The second-order valence-corrected chi connectivity index (χ2v) is 7.67. The van der Waals surface area contributed by atoms with Gasteiger partial charge < -0.3 is 18.8 Å². The van der Waals surface area contributed by atoms with Crippen LogP contribution in [-0.2, 0) is 24.4 Å². The summed E-state index contributed by atoms with van der Waals surface area (Å²) in [4.78, 5) is 0. The number of benzene rings is 1. The standard InChI is InChI=1S/C18H27BO4/c1-16(2)17(3,4)23-19(22-16)14-9-7-13(8-10-14)18(21-6)11-15(12-18)20-5/h7-10,15H,11-12H2,1-6H3. The summed E-state index contributed by atoms with van der Waals surface area (Å²) in [7, 11) is 3.21. The van der Waals surface area contributed by atoms with Crippen molar-refractivity contribution in [1.29, 1.82) is 0 Å². The van der Waals surface area contributed by atoms with Crippen molar-refractivity contribution in [1.82, 2.24) is 0 Å². The Morgan fingerprint density at radius 2 is 1.48 bits per heavy atom. The van der Waals surface area contributed by atoms with Crippen molar-refractivity contribution in [2.24, 2.45) is 0 Å². The molecule has 5 heteroatoms. The lowest BCUT2D eigenvalue weighted by Gasteiger charge is -2.46. The van der Waals surface area contributed by atoms with Gasteiger partial charge in [-0.25, -0.2) is 0 Å². The highest BCUT2D eigenvalue weighted by atomic mass is 16.7. The molecule has 1 aliphatic heterocycles. The monoisotopic (exact) mass is 318 g/mol. The molecule has 0 atom stereocenters. The van der Waals surface area contributed by atoms with Crippen molar-refractivity contribution in [3.05, 3.63) is 29.8 Å². The van der Waals surface area contributed by atoms with Crippen LogP contribution in [0.15, 0.2) is 24.3 Å². The van der Waals surface area contributed by atoms with Gasteiger partial charge in [-0.3, -0.25) is 0 Å². The number of ether oxygens (including phenoxy) is 2. The van der Waals surface area contributed by atoms with E-state index in [1.54, 1.807) is 14.2 Å². The summed E-state index contributed by atoms with van der Waals surface area (Å²) < 4.78 is 23.4. The minimum atomic E-state index is -0.319. The van der Waals surface area contributed by atoms with Crippen molar-refractivity contribution in [2.45, 2.75) is 63.4 Å². The Bertz CT molecular complexity index is 545. The second kappa shape index (κ2) is 5.59. The predicted molar refractivity (Wildman–Crippen MR) is 90.9 cm³/mol. The summed E-state index contributed by atoms with van der Waals surface area (Å²) >= 11 is 0. The Morgan fingerprint density at radius 3 is 1.91 bits per heavy atom. The van der Waals surface area contributed by atoms with Gasteiger partial charge >= 0.3 is 7.12 Å². The van der Waals surface area contributed by atoms with Gasteiger partial charge in [0.2, 0.25) is 0 Å². The van der Waals surface area contributed by atoms with E-state index in [0.717, 1.165) is 18.3 Å². The molecule has 0 amide bonds. The smallest absolute Gasteiger partial charge is 0.399 e. The number of hydrogen-bond donors (Lipinski definition) is 0. The van der Waals surface area contributed by atoms with Gasteiger partial charge in [0.1, 0.15) is 0 Å². The van der Waals surface area contributed by atoms with E-state index >= 15 is 0 Å². The predicted octanol–water partition coefficient (Wildman–Crippen LogP) is 2.64. The summed E-state index contributed by atoms with van der Waals surface area (Å²) in [6.45, 7) is 8.28. The summed E-state index contributed by atoms with van der Waals surface area (Å²) in [5.74, 6) is 0. The Balaban J connectivity index is 1.76. The SMILES string of the molecule is COC1CC(OC)(c2ccc(B3OC(C)(C)C(C)(C)O3)cc2)C1. The Morgan fingerprint density at radius 1 is 0.957 bits per heavy atom. The van der Waals surface area contributed by atoms with Gasteiger partial charge in [-0.15, -0.1) is 0 Å². The van der Waals surface area contributed by atoms with Gasteiger partial charge in [0.15, 0.2) is 0 Å². The fourth-order valence-electron chi connectivity index (χ4n) is 3.29. The van der Waals surface area contributed by atoms with E-state index in [9.17, 15) is 0 Å². The summed E-state index contributed by atoms with van der Waals surface area (Å²) in [5, 5.41) is 0. The molecular formula is C18H27BO4. The zero-order valence-corrected chi connectivity index (χ0v) is 15.0. The molecule has 2 fully saturated rings. The van der Waals surface area contributed by atoms with E-state index in [4.69, 9.17) is 18.8 Å². The summed E-state index contributed by atoms with van der Waals surface area (Å²) in [5.41, 5.74) is 1.39.